The van der Waals surface area contributed by atoms with Crippen LogP contribution < -0.4 is 9.64 Å². The summed E-state index contributed by atoms with van der Waals surface area (Å²) in [7, 11) is -3.09. The van der Waals surface area contributed by atoms with Gasteiger partial charge in [0.05, 0.1) is 17.5 Å². The molecule has 0 N–H and O–H groups in total. The van der Waals surface area contributed by atoms with Crippen LogP contribution in [0.5, 0.6) is 5.75 Å². The van der Waals surface area contributed by atoms with E-state index in [-0.39, 0.29) is 29.4 Å². The monoisotopic (exact) mass is 436 g/mol. The number of carbonyl (C=O) groups is 1. The Bertz CT molecular complexity index is 1010. The molecule has 0 unspecified atom stereocenters. The summed E-state index contributed by atoms with van der Waals surface area (Å²) in [4.78, 5) is 18.4. The van der Waals surface area contributed by atoms with Gasteiger partial charge in [-0.2, -0.15) is 4.99 Å². The van der Waals surface area contributed by atoms with Crippen LogP contribution in [0.15, 0.2) is 59.6 Å². The topological polar surface area (TPSA) is 76.0 Å². The number of carbonyl (C=O) groups excluding carboxylic acids is 1. The molecule has 0 aromatic heterocycles. The molecule has 9 heteroatoms. The van der Waals surface area contributed by atoms with Crippen LogP contribution in [-0.4, -0.2) is 48.9 Å². The zero-order valence-corrected chi connectivity index (χ0v) is 17.1. The molecule has 2 aliphatic rings. The predicted molar refractivity (Wildman–Crippen MR) is 112 cm³/mol. The van der Waals surface area contributed by atoms with Gasteiger partial charge in [0.15, 0.2) is 21.6 Å². The van der Waals surface area contributed by atoms with Crippen molar-refractivity contribution in [2.24, 2.45) is 4.99 Å². The quantitative estimate of drug-likeness (QED) is 0.733. The SMILES string of the molecule is O=C(COc1ccc(Cl)cc1)N=C1S[C@H]2CS(=O)(=O)C[C@@H]2N1c1ccccc1. The van der Waals surface area contributed by atoms with Gasteiger partial charge in [0, 0.05) is 16.0 Å². The molecule has 4 rings (SSSR count). The lowest BCUT2D eigenvalue weighted by Crippen LogP contribution is -2.37. The van der Waals surface area contributed by atoms with Crippen molar-refractivity contribution < 1.29 is 17.9 Å². The Balaban J connectivity index is 1.53. The van der Waals surface area contributed by atoms with Crippen LogP contribution in [0.4, 0.5) is 5.69 Å². The molecular formula is C19H17ClN2O4S2. The van der Waals surface area contributed by atoms with E-state index >= 15 is 0 Å². The first-order valence-corrected chi connectivity index (χ1v) is 11.7. The number of ether oxygens (including phenoxy) is 1. The maximum absolute atomic E-state index is 12.4. The van der Waals surface area contributed by atoms with E-state index in [0.717, 1.165) is 5.69 Å². The minimum atomic E-state index is -3.09. The average molecular weight is 437 g/mol. The summed E-state index contributed by atoms with van der Waals surface area (Å²) >= 11 is 7.17. The van der Waals surface area contributed by atoms with E-state index in [1.807, 2.05) is 35.2 Å². The Kier molecular flexibility index (Phi) is 5.35. The highest BCUT2D eigenvalue weighted by molar-refractivity contribution is 8.16. The summed E-state index contributed by atoms with van der Waals surface area (Å²) in [5.41, 5.74) is 0.824. The fourth-order valence-electron chi connectivity index (χ4n) is 3.27. The van der Waals surface area contributed by atoms with Crippen molar-refractivity contribution in [3.05, 3.63) is 59.6 Å². The van der Waals surface area contributed by atoms with Gasteiger partial charge in [-0.25, -0.2) is 8.42 Å². The number of benzene rings is 2. The summed E-state index contributed by atoms with van der Waals surface area (Å²) in [6, 6.07) is 15.9. The van der Waals surface area contributed by atoms with E-state index in [1.165, 1.54) is 11.8 Å². The van der Waals surface area contributed by atoms with E-state index in [2.05, 4.69) is 4.99 Å². The third-order valence-electron chi connectivity index (χ3n) is 4.50. The molecule has 0 bridgehead atoms. The Morgan fingerprint density at radius 2 is 1.86 bits per heavy atom. The fourth-order valence-corrected chi connectivity index (χ4v) is 7.33. The highest BCUT2D eigenvalue weighted by Gasteiger charge is 2.49. The van der Waals surface area contributed by atoms with E-state index in [4.69, 9.17) is 16.3 Å². The number of nitrogens with zero attached hydrogens (tertiary/aromatic N) is 2. The van der Waals surface area contributed by atoms with Crippen LogP contribution >= 0.6 is 23.4 Å². The molecule has 0 saturated carbocycles. The molecule has 2 heterocycles. The van der Waals surface area contributed by atoms with Crippen molar-refractivity contribution in [2.45, 2.75) is 11.3 Å². The largest absolute Gasteiger partial charge is 0.484 e. The second kappa shape index (κ2) is 7.77. The molecule has 2 atom stereocenters. The fraction of sp³-hybridized carbons (Fsp3) is 0.263. The van der Waals surface area contributed by atoms with Crippen molar-refractivity contribution in [3.8, 4) is 5.75 Å². The number of anilines is 1. The Morgan fingerprint density at radius 3 is 2.57 bits per heavy atom. The minimum absolute atomic E-state index is 0.0635. The predicted octanol–water partition coefficient (Wildman–Crippen LogP) is 3.02. The number of thioether (sulfide) groups is 1. The highest BCUT2D eigenvalue weighted by Crippen LogP contribution is 2.40. The molecule has 0 spiro atoms. The molecule has 1 amide bonds. The van der Waals surface area contributed by atoms with E-state index in [1.54, 1.807) is 24.3 Å². The lowest BCUT2D eigenvalue weighted by Gasteiger charge is -2.24. The van der Waals surface area contributed by atoms with Gasteiger partial charge in [-0.1, -0.05) is 41.6 Å². The van der Waals surface area contributed by atoms with Crippen molar-refractivity contribution in [1.82, 2.24) is 0 Å². The summed E-state index contributed by atoms with van der Waals surface area (Å²) < 4.78 is 29.6. The van der Waals surface area contributed by atoms with Crippen LogP contribution in [0.1, 0.15) is 0 Å². The van der Waals surface area contributed by atoms with Gasteiger partial charge in [0.25, 0.3) is 5.91 Å². The average Bonchev–Trinajstić information content (AvgIpc) is 3.12. The van der Waals surface area contributed by atoms with Gasteiger partial charge in [-0.05, 0) is 36.4 Å². The zero-order chi connectivity index (χ0) is 19.7. The molecular weight excluding hydrogens is 420 g/mol. The number of amides is 1. The molecule has 0 aliphatic carbocycles. The van der Waals surface area contributed by atoms with Gasteiger partial charge in [-0.15, -0.1) is 0 Å². The number of halogens is 1. The number of hydrogen-bond acceptors (Lipinski definition) is 5. The molecule has 2 fully saturated rings. The van der Waals surface area contributed by atoms with Gasteiger partial charge < -0.3 is 9.64 Å². The molecule has 2 aromatic rings. The van der Waals surface area contributed by atoms with Gasteiger partial charge in [0.1, 0.15) is 5.75 Å². The summed E-state index contributed by atoms with van der Waals surface area (Å²) in [6.07, 6.45) is 0. The number of para-hydroxylation sites is 1. The second-order valence-corrected chi connectivity index (χ2v) is 10.3. The number of sulfone groups is 1. The molecule has 28 heavy (non-hydrogen) atoms. The Morgan fingerprint density at radius 1 is 1.14 bits per heavy atom. The smallest absolute Gasteiger partial charge is 0.285 e. The number of rotatable bonds is 4. The summed E-state index contributed by atoms with van der Waals surface area (Å²) in [5.74, 6) is 0.259. The highest BCUT2D eigenvalue weighted by atomic mass is 35.5. The van der Waals surface area contributed by atoms with E-state index < -0.39 is 15.7 Å². The number of hydrogen-bond donors (Lipinski definition) is 0. The molecule has 2 aliphatic heterocycles. The lowest BCUT2D eigenvalue weighted by atomic mass is 10.2. The van der Waals surface area contributed by atoms with Crippen LogP contribution in [0.25, 0.3) is 0 Å². The normalized spacial score (nSPS) is 24.3. The van der Waals surface area contributed by atoms with Crippen molar-refractivity contribution in [1.29, 1.82) is 0 Å². The Hall–Kier alpha value is -2.03. The number of amidine groups is 1. The summed E-state index contributed by atoms with van der Waals surface area (Å²) in [6.45, 7) is -0.206. The van der Waals surface area contributed by atoms with Crippen molar-refractivity contribution in [2.75, 3.05) is 23.0 Å². The molecule has 2 saturated heterocycles. The van der Waals surface area contributed by atoms with Gasteiger partial charge >= 0.3 is 0 Å². The number of aliphatic imine (C=N–C) groups is 1. The van der Waals surface area contributed by atoms with Gasteiger partial charge in [-0.3, -0.25) is 4.79 Å². The first-order valence-electron chi connectivity index (χ1n) is 8.62. The van der Waals surface area contributed by atoms with Crippen LogP contribution in [0.3, 0.4) is 0 Å². The third-order valence-corrected chi connectivity index (χ3v) is 7.96. The van der Waals surface area contributed by atoms with Crippen LogP contribution in [-0.2, 0) is 14.6 Å². The maximum Gasteiger partial charge on any atom is 0.285 e. The standard InChI is InChI=1S/C19H17ClN2O4S2/c20-13-6-8-15(9-7-13)26-10-18(23)21-19-22(14-4-2-1-3-5-14)16-11-28(24,25)12-17(16)27-19/h1-9,16-17H,10-12H2/t16-,17-/m0/s1. The molecule has 2 aromatic carbocycles. The third kappa shape index (κ3) is 4.19. The first kappa shape index (κ1) is 19.3. The maximum atomic E-state index is 12.4. The second-order valence-electron chi connectivity index (χ2n) is 6.54. The molecule has 6 nitrogen and oxygen atoms in total. The van der Waals surface area contributed by atoms with Crippen LogP contribution in [0, 0.1) is 0 Å². The van der Waals surface area contributed by atoms with Gasteiger partial charge in [0.2, 0.25) is 0 Å². The Labute approximate surface area is 172 Å². The van der Waals surface area contributed by atoms with E-state index in [9.17, 15) is 13.2 Å². The van der Waals surface area contributed by atoms with Crippen molar-refractivity contribution >= 4 is 50.0 Å². The zero-order valence-electron chi connectivity index (χ0n) is 14.7. The van der Waals surface area contributed by atoms with E-state index in [0.29, 0.717) is 15.9 Å². The lowest BCUT2D eigenvalue weighted by molar-refractivity contribution is -0.119. The first-order chi connectivity index (χ1) is 13.4. The molecule has 146 valence electrons. The van der Waals surface area contributed by atoms with Crippen LogP contribution in [0.2, 0.25) is 5.02 Å². The minimum Gasteiger partial charge on any atom is -0.484 e. The van der Waals surface area contributed by atoms with Crippen molar-refractivity contribution in [3.63, 3.8) is 0 Å². The molecule has 0 radical (unpaired) electrons. The number of fused-ring (bicyclic) bond motifs is 1. The summed E-state index contributed by atoms with van der Waals surface area (Å²) in [5, 5.41) is 0.969.